The number of carboxylic acid groups (broad SMARTS) is 1. The summed E-state index contributed by atoms with van der Waals surface area (Å²) in [5, 5.41) is 12.2. The standard InChI is InChI=1S/C11H27B4NO2/c1-4-6-9(3,5-2)16-11(14,15)10(12,13)7-8(17)18/h16H,4-7,12-15H2,1-3H3,(H,17,18). The molecule has 0 rings (SSSR count). The van der Waals surface area contributed by atoms with E-state index >= 15 is 0 Å². The van der Waals surface area contributed by atoms with E-state index in [1.807, 2.05) is 15.7 Å². The summed E-state index contributed by atoms with van der Waals surface area (Å²) in [6.07, 6.45) is 3.47. The maximum absolute atomic E-state index is 11.0. The summed E-state index contributed by atoms with van der Waals surface area (Å²) in [7, 11) is 8.27. The van der Waals surface area contributed by atoms with Crippen LogP contribution in [0.2, 0.25) is 5.21 Å². The first kappa shape index (κ1) is 17.7. The van der Waals surface area contributed by atoms with Crippen LogP contribution in [0.1, 0.15) is 46.5 Å². The molecule has 0 saturated heterocycles. The highest BCUT2D eigenvalue weighted by atomic mass is 16.4. The number of hydrogen-bond donors (Lipinski definition) is 2. The molecule has 0 spiro atoms. The summed E-state index contributed by atoms with van der Waals surface area (Å²) in [5.41, 5.74) is 0.0774. The summed E-state index contributed by atoms with van der Waals surface area (Å²) in [6.45, 7) is 6.60. The largest absolute Gasteiger partial charge is 0.481 e. The highest BCUT2D eigenvalue weighted by Gasteiger charge is 2.41. The molecule has 7 heteroatoms. The van der Waals surface area contributed by atoms with Gasteiger partial charge in [-0.05, 0) is 25.1 Å². The Bertz CT molecular complexity index is 297. The van der Waals surface area contributed by atoms with Crippen LogP contribution in [-0.2, 0) is 4.79 Å². The van der Waals surface area contributed by atoms with Crippen LogP contribution in [0.25, 0.3) is 0 Å². The molecule has 0 saturated carbocycles. The predicted molar refractivity (Wildman–Crippen MR) is 88.6 cm³/mol. The van der Waals surface area contributed by atoms with Crippen LogP contribution in [0.15, 0.2) is 0 Å². The lowest BCUT2D eigenvalue weighted by atomic mass is 9.32. The zero-order chi connectivity index (χ0) is 14.6. The fraction of sp³-hybridized carbons (Fsp3) is 0.909. The van der Waals surface area contributed by atoms with E-state index in [-0.39, 0.29) is 22.5 Å². The monoisotopic (exact) mass is 249 g/mol. The van der Waals surface area contributed by atoms with Crippen molar-refractivity contribution in [3.63, 3.8) is 0 Å². The average Bonchev–Trinajstić information content (AvgIpc) is 2.14. The van der Waals surface area contributed by atoms with Gasteiger partial charge in [-0.3, -0.25) is 4.79 Å². The fourth-order valence-corrected chi connectivity index (χ4v) is 2.40. The highest BCUT2D eigenvalue weighted by molar-refractivity contribution is 6.54. The van der Waals surface area contributed by atoms with Crippen molar-refractivity contribution in [1.29, 1.82) is 0 Å². The van der Waals surface area contributed by atoms with E-state index in [0.29, 0.717) is 0 Å². The zero-order valence-corrected chi connectivity index (χ0v) is 13.2. The second kappa shape index (κ2) is 6.23. The predicted octanol–water partition coefficient (Wildman–Crippen LogP) is -1.68. The number of carbonyl (C=O) groups is 1. The van der Waals surface area contributed by atoms with Crippen LogP contribution >= 0.6 is 0 Å². The average molecular weight is 249 g/mol. The van der Waals surface area contributed by atoms with Crippen LogP contribution in [0, 0.1) is 0 Å². The van der Waals surface area contributed by atoms with E-state index in [1.165, 1.54) is 0 Å². The van der Waals surface area contributed by atoms with E-state index in [1.54, 1.807) is 0 Å². The molecule has 100 valence electrons. The third kappa shape index (κ3) is 4.75. The maximum atomic E-state index is 11.0. The molecular weight excluding hydrogens is 221 g/mol. The Morgan fingerprint density at radius 2 is 1.72 bits per heavy atom. The third-order valence-electron chi connectivity index (χ3n) is 4.48. The van der Waals surface area contributed by atoms with Gasteiger partial charge in [0.2, 0.25) is 0 Å². The minimum Gasteiger partial charge on any atom is -0.481 e. The molecule has 0 radical (unpaired) electrons. The maximum Gasteiger partial charge on any atom is 0.302 e. The first-order valence-electron chi connectivity index (χ1n) is 7.01. The summed E-state index contributed by atoms with van der Waals surface area (Å²) in [6, 6.07) is 0. The smallest absolute Gasteiger partial charge is 0.302 e. The van der Waals surface area contributed by atoms with Gasteiger partial charge in [-0.2, -0.15) is 0 Å². The van der Waals surface area contributed by atoms with Crippen molar-refractivity contribution in [2.45, 2.75) is 62.5 Å². The number of aliphatic carboxylic acids is 1. The van der Waals surface area contributed by atoms with E-state index in [9.17, 15) is 4.79 Å². The SMILES string of the molecule is BC(B)(CC(=O)O)C(B)(B)NC(C)(CC)CCC. The van der Waals surface area contributed by atoms with Crippen molar-refractivity contribution in [2.24, 2.45) is 0 Å². The summed E-state index contributed by atoms with van der Waals surface area (Å²) < 4.78 is 0. The van der Waals surface area contributed by atoms with E-state index in [0.717, 1.165) is 19.3 Å². The topological polar surface area (TPSA) is 49.3 Å². The fourth-order valence-electron chi connectivity index (χ4n) is 2.40. The van der Waals surface area contributed by atoms with Gasteiger partial charge in [-0.15, -0.1) is 0 Å². The molecule has 1 unspecified atom stereocenters. The summed E-state index contributed by atoms with van der Waals surface area (Å²) in [4.78, 5) is 11.0. The summed E-state index contributed by atoms with van der Waals surface area (Å²) in [5.74, 6) is -0.733. The minimum atomic E-state index is -0.733. The Kier molecular flexibility index (Phi) is 6.12. The first-order chi connectivity index (χ1) is 7.99. The van der Waals surface area contributed by atoms with Crippen LogP contribution in [0.4, 0.5) is 0 Å². The first-order valence-corrected chi connectivity index (χ1v) is 7.01. The minimum absolute atomic E-state index is 0.0774. The van der Waals surface area contributed by atoms with Crippen LogP contribution in [-0.4, -0.2) is 53.3 Å². The molecule has 3 nitrogen and oxygen atoms in total. The lowest BCUT2D eigenvalue weighted by molar-refractivity contribution is -0.137. The van der Waals surface area contributed by atoms with Gasteiger partial charge in [0.25, 0.3) is 0 Å². The molecule has 0 aromatic carbocycles. The Hall–Kier alpha value is -0.310. The van der Waals surface area contributed by atoms with Crippen molar-refractivity contribution >= 4 is 37.4 Å². The van der Waals surface area contributed by atoms with Crippen molar-refractivity contribution in [2.75, 3.05) is 0 Å². The molecule has 0 aliphatic heterocycles. The zero-order valence-electron chi connectivity index (χ0n) is 13.2. The molecule has 0 bridgehead atoms. The van der Waals surface area contributed by atoms with Gasteiger partial charge in [-0.25, -0.2) is 0 Å². The molecule has 0 amide bonds. The van der Waals surface area contributed by atoms with Gasteiger partial charge >= 0.3 is 5.97 Å². The number of carboxylic acids is 1. The van der Waals surface area contributed by atoms with Gasteiger partial charge in [-0.1, -0.05) is 25.5 Å². The van der Waals surface area contributed by atoms with E-state index < -0.39 is 5.97 Å². The van der Waals surface area contributed by atoms with E-state index in [4.69, 9.17) is 5.11 Å². The van der Waals surface area contributed by atoms with Gasteiger partial charge < -0.3 is 10.4 Å². The molecule has 0 aromatic rings. The molecule has 0 aromatic heterocycles. The van der Waals surface area contributed by atoms with Gasteiger partial charge in [0.05, 0.1) is 0 Å². The van der Waals surface area contributed by atoms with Crippen LogP contribution < -0.4 is 5.32 Å². The quantitative estimate of drug-likeness (QED) is 0.505. The van der Waals surface area contributed by atoms with Gasteiger partial charge in [0.15, 0.2) is 0 Å². The molecule has 2 N–H and O–H groups in total. The number of hydrogen-bond acceptors (Lipinski definition) is 2. The van der Waals surface area contributed by atoms with Gasteiger partial charge in [0.1, 0.15) is 31.4 Å². The Morgan fingerprint density at radius 1 is 1.22 bits per heavy atom. The van der Waals surface area contributed by atoms with Crippen molar-refractivity contribution < 1.29 is 9.90 Å². The van der Waals surface area contributed by atoms with E-state index in [2.05, 4.69) is 41.8 Å². The van der Waals surface area contributed by atoms with Crippen molar-refractivity contribution in [3.8, 4) is 0 Å². The molecule has 18 heavy (non-hydrogen) atoms. The molecule has 0 aliphatic rings. The van der Waals surface area contributed by atoms with Crippen LogP contribution in [0.5, 0.6) is 0 Å². The Labute approximate surface area is 116 Å². The second-order valence-electron chi connectivity index (χ2n) is 6.87. The summed E-state index contributed by atoms with van der Waals surface area (Å²) >= 11 is 0. The van der Waals surface area contributed by atoms with Crippen molar-refractivity contribution in [1.82, 2.24) is 5.32 Å². The Morgan fingerprint density at radius 3 is 2.06 bits per heavy atom. The molecule has 0 heterocycles. The lowest BCUT2D eigenvalue weighted by Gasteiger charge is -2.49. The molecule has 0 aliphatic carbocycles. The molecule has 0 fully saturated rings. The lowest BCUT2D eigenvalue weighted by Crippen LogP contribution is -2.64. The van der Waals surface area contributed by atoms with Gasteiger partial charge in [0, 0.05) is 12.0 Å². The number of nitrogens with one attached hydrogen (secondary N) is 1. The molecule has 1 atom stereocenters. The highest BCUT2D eigenvalue weighted by Crippen LogP contribution is 2.34. The normalized spacial score (nSPS) is 16.2. The second-order valence-corrected chi connectivity index (χ2v) is 6.87. The third-order valence-corrected chi connectivity index (χ3v) is 4.48. The van der Waals surface area contributed by atoms with Crippen molar-refractivity contribution in [3.05, 3.63) is 0 Å². The Balaban J connectivity index is 4.96. The van der Waals surface area contributed by atoms with Crippen LogP contribution in [0.3, 0.4) is 0 Å². The molecular formula is C11H27B4NO2. The number of rotatable bonds is 8.